The third-order valence-electron chi connectivity index (χ3n) is 4.01. The number of likely N-dealkylation sites (tertiary alicyclic amines) is 1. The van der Waals surface area contributed by atoms with Crippen LogP contribution in [0.15, 0.2) is 54.6 Å². The summed E-state index contributed by atoms with van der Waals surface area (Å²) in [5.74, 6) is 2.66. The maximum Gasteiger partial charge on any atom is 0.293 e. The maximum atomic E-state index is 12.3. The zero-order valence-corrected chi connectivity index (χ0v) is 14.0. The quantitative estimate of drug-likeness (QED) is 0.644. The first-order valence-corrected chi connectivity index (χ1v) is 8.41. The predicted octanol–water partition coefficient (Wildman–Crippen LogP) is 3.02. The van der Waals surface area contributed by atoms with Crippen molar-refractivity contribution in [3.63, 3.8) is 0 Å². The van der Waals surface area contributed by atoms with Crippen LogP contribution in [0.2, 0.25) is 0 Å². The number of amides is 1. The Balaban J connectivity index is 0.000000258. The Morgan fingerprint density at radius 1 is 0.960 bits per heavy atom. The number of carbonyl (C=O) groups excluding carboxylic acids is 1. The number of rotatable bonds is 1. The summed E-state index contributed by atoms with van der Waals surface area (Å²) in [4.78, 5) is 18.4. The predicted molar refractivity (Wildman–Crippen MR) is 97.1 cm³/mol. The number of hydrogen-bond donors (Lipinski definition) is 0. The molecule has 3 heterocycles. The highest BCUT2D eigenvalue weighted by atomic mass is 16.2. The molecular formula is C20H20N4O. The number of piperidine rings is 1. The van der Waals surface area contributed by atoms with Gasteiger partial charge in [-0.15, -0.1) is 11.5 Å². The van der Waals surface area contributed by atoms with Gasteiger partial charge in [-0.3, -0.25) is 4.79 Å². The molecule has 0 aliphatic carbocycles. The highest BCUT2D eigenvalue weighted by molar-refractivity contribution is 5.91. The maximum absolute atomic E-state index is 12.3. The summed E-state index contributed by atoms with van der Waals surface area (Å²) in [6.07, 6.45) is 8.69. The van der Waals surface area contributed by atoms with Crippen LogP contribution in [-0.2, 0) is 0 Å². The van der Waals surface area contributed by atoms with Gasteiger partial charge in [-0.2, -0.15) is 0 Å². The molecule has 1 amide bonds. The molecule has 0 atom stereocenters. The Labute approximate surface area is 147 Å². The molecule has 1 aliphatic heterocycles. The average molecular weight is 332 g/mol. The van der Waals surface area contributed by atoms with E-state index in [1.165, 1.54) is 10.9 Å². The van der Waals surface area contributed by atoms with Crippen molar-refractivity contribution in [3.8, 4) is 12.3 Å². The lowest BCUT2D eigenvalue weighted by Gasteiger charge is -2.25. The Morgan fingerprint density at radius 2 is 1.60 bits per heavy atom. The third kappa shape index (κ3) is 4.04. The Kier molecular flexibility index (Phi) is 5.43. The van der Waals surface area contributed by atoms with E-state index < -0.39 is 0 Å². The van der Waals surface area contributed by atoms with E-state index in [4.69, 9.17) is 6.42 Å². The molecule has 4 rings (SSSR count). The molecule has 0 saturated carbocycles. The van der Waals surface area contributed by atoms with Gasteiger partial charge in [0.25, 0.3) is 5.91 Å². The fourth-order valence-corrected chi connectivity index (χ4v) is 2.73. The molecule has 0 unspecified atom stereocenters. The van der Waals surface area contributed by atoms with E-state index in [9.17, 15) is 4.79 Å². The van der Waals surface area contributed by atoms with Gasteiger partial charge in [0.05, 0.1) is 0 Å². The zero-order chi connectivity index (χ0) is 17.5. The summed E-state index contributed by atoms with van der Waals surface area (Å²) in [6.45, 7) is 1.58. The summed E-state index contributed by atoms with van der Waals surface area (Å²) in [7, 11) is 0. The van der Waals surface area contributed by atoms with Gasteiger partial charge in [0.1, 0.15) is 5.69 Å². The van der Waals surface area contributed by atoms with Gasteiger partial charge in [-0.25, -0.2) is 9.50 Å². The summed E-state index contributed by atoms with van der Waals surface area (Å²) < 4.78 is 1.54. The fourth-order valence-electron chi connectivity index (χ4n) is 2.73. The fraction of sp³-hybridized carbons (Fsp3) is 0.250. The monoisotopic (exact) mass is 332 g/mol. The minimum atomic E-state index is -0.105. The van der Waals surface area contributed by atoms with Crippen molar-refractivity contribution in [1.82, 2.24) is 19.5 Å². The molecule has 0 radical (unpaired) electrons. The SMILES string of the molecule is C#Cc1cccc2nc(C(=O)N3CCCCC3)nn12.c1ccccc1. The molecule has 25 heavy (non-hydrogen) atoms. The molecule has 1 fully saturated rings. The number of benzene rings is 1. The zero-order valence-electron chi connectivity index (χ0n) is 14.0. The van der Waals surface area contributed by atoms with E-state index in [1.807, 2.05) is 47.4 Å². The molecular weight excluding hydrogens is 312 g/mol. The molecule has 1 aliphatic rings. The van der Waals surface area contributed by atoms with Crippen molar-refractivity contribution in [2.24, 2.45) is 0 Å². The Hall–Kier alpha value is -3.13. The van der Waals surface area contributed by atoms with Crippen molar-refractivity contribution >= 4 is 11.6 Å². The van der Waals surface area contributed by atoms with Crippen molar-refractivity contribution in [3.05, 3.63) is 66.1 Å². The minimum Gasteiger partial charge on any atom is -0.336 e. The first-order chi connectivity index (χ1) is 12.3. The van der Waals surface area contributed by atoms with Crippen molar-refractivity contribution in [2.45, 2.75) is 19.3 Å². The van der Waals surface area contributed by atoms with E-state index in [0.717, 1.165) is 25.9 Å². The van der Waals surface area contributed by atoms with Crippen LogP contribution in [0.5, 0.6) is 0 Å². The lowest BCUT2D eigenvalue weighted by Crippen LogP contribution is -2.36. The van der Waals surface area contributed by atoms with E-state index in [1.54, 1.807) is 12.1 Å². The molecule has 5 heteroatoms. The van der Waals surface area contributed by atoms with Gasteiger partial charge in [-0.05, 0) is 31.4 Å². The normalized spacial score (nSPS) is 13.6. The van der Waals surface area contributed by atoms with Crippen molar-refractivity contribution in [1.29, 1.82) is 0 Å². The Bertz CT molecular complexity index is 847. The van der Waals surface area contributed by atoms with Crippen LogP contribution in [0.1, 0.15) is 35.6 Å². The molecule has 5 nitrogen and oxygen atoms in total. The van der Waals surface area contributed by atoms with Gasteiger partial charge in [-0.1, -0.05) is 48.4 Å². The molecule has 3 aromatic rings. The molecule has 0 bridgehead atoms. The second kappa shape index (κ2) is 8.11. The van der Waals surface area contributed by atoms with Crippen LogP contribution in [-0.4, -0.2) is 38.5 Å². The first kappa shape index (κ1) is 16.7. The number of fused-ring (bicyclic) bond motifs is 1. The highest BCUT2D eigenvalue weighted by Gasteiger charge is 2.22. The summed E-state index contributed by atoms with van der Waals surface area (Å²) in [5, 5.41) is 4.23. The van der Waals surface area contributed by atoms with E-state index >= 15 is 0 Å². The van der Waals surface area contributed by atoms with Crippen LogP contribution in [0.25, 0.3) is 5.65 Å². The topological polar surface area (TPSA) is 50.5 Å². The number of carbonyl (C=O) groups is 1. The largest absolute Gasteiger partial charge is 0.336 e. The highest BCUT2D eigenvalue weighted by Crippen LogP contribution is 2.12. The second-order valence-electron chi connectivity index (χ2n) is 5.77. The first-order valence-electron chi connectivity index (χ1n) is 8.41. The number of nitrogens with zero attached hydrogens (tertiary/aromatic N) is 4. The number of terminal acetylenes is 1. The standard InChI is InChI=1S/C14H14N4O.C6H6/c1-2-11-7-6-8-12-15-13(16-18(11)12)14(19)17-9-4-3-5-10-17;1-2-4-6-5-3-1/h1,6-8H,3-5,9-10H2;1-6H. The van der Waals surface area contributed by atoms with E-state index in [2.05, 4.69) is 16.0 Å². The van der Waals surface area contributed by atoms with Crippen molar-refractivity contribution < 1.29 is 4.79 Å². The lowest BCUT2D eigenvalue weighted by molar-refractivity contribution is 0.0712. The van der Waals surface area contributed by atoms with Crippen LogP contribution in [0.4, 0.5) is 0 Å². The van der Waals surface area contributed by atoms with Gasteiger partial charge < -0.3 is 4.90 Å². The average Bonchev–Trinajstić information content (AvgIpc) is 3.14. The lowest BCUT2D eigenvalue weighted by atomic mass is 10.1. The van der Waals surface area contributed by atoms with Gasteiger partial charge in [0.2, 0.25) is 5.82 Å². The summed E-state index contributed by atoms with van der Waals surface area (Å²) >= 11 is 0. The second-order valence-corrected chi connectivity index (χ2v) is 5.77. The summed E-state index contributed by atoms with van der Waals surface area (Å²) in [5.41, 5.74) is 1.21. The van der Waals surface area contributed by atoms with Gasteiger partial charge >= 0.3 is 0 Å². The smallest absolute Gasteiger partial charge is 0.293 e. The van der Waals surface area contributed by atoms with Gasteiger partial charge in [0.15, 0.2) is 5.65 Å². The molecule has 2 aromatic heterocycles. The van der Waals surface area contributed by atoms with Crippen LogP contribution >= 0.6 is 0 Å². The van der Waals surface area contributed by atoms with E-state index in [-0.39, 0.29) is 11.7 Å². The van der Waals surface area contributed by atoms with Crippen LogP contribution in [0.3, 0.4) is 0 Å². The molecule has 1 aromatic carbocycles. The van der Waals surface area contributed by atoms with E-state index in [0.29, 0.717) is 11.3 Å². The number of hydrogen-bond acceptors (Lipinski definition) is 3. The molecule has 1 saturated heterocycles. The minimum absolute atomic E-state index is 0.105. The Morgan fingerprint density at radius 3 is 2.20 bits per heavy atom. The van der Waals surface area contributed by atoms with Crippen molar-refractivity contribution in [2.75, 3.05) is 13.1 Å². The van der Waals surface area contributed by atoms with Crippen LogP contribution < -0.4 is 0 Å². The number of pyridine rings is 1. The molecule has 0 N–H and O–H groups in total. The van der Waals surface area contributed by atoms with Gasteiger partial charge in [0, 0.05) is 13.1 Å². The third-order valence-corrected chi connectivity index (χ3v) is 4.01. The summed E-state index contributed by atoms with van der Waals surface area (Å²) in [6, 6.07) is 17.4. The molecule has 0 spiro atoms. The number of aromatic nitrogens is 3. The van der Waals surface area contributed by atoms with Crippen LogP contribution in [0, 0.1) is 12.3 Å². The molecule has 126 valence electrons.